The highest BCUT2D eigenvalue weighted by atomic mass is 32.2. The van der Waals surface area contributed by atoms with E-state index in [1.807, 2.05) is 44.2 Å². The highest BCUT2D eigenvalue weighted by Gasteiger charge is 2.45. The summed E-state index contributed by atoms with van der Waals surface area (Å²) in [6.07, 6.45) is 1.86. The van der Waals surface area contributed by atoms with E-state index in [1.165, 1.54) is 4.90 Å². The summed E-state index contributed by atoms with van der Waals surface area (Å²) in [4.78, 5) is 3.18. The lowest BCUT2D eigenvalue weighted by molar-refractivity contribution is -0.0684. The highest BCUT2D eigenvalue weighted by Crippen LogP contribution is 2.40. The Morgan fingerprint density at radius 1 is 1.33 bits per heavy atom. The Hall–Kier alpha value is -0.580. The van der Waals surface area contributed by atoms with Gasteiger partial charge in [-0.1, -0.05) is 12.1 Å². The molecule has 0 radical (unpaired) electrons. The van der Waals surface area contributed by atoms with E-state index in [9.17, 15) is 4.39 Å². The minimum atomic E-state index is -0.417. The number of benzene rings is 1. The molecular formula is C14H20FNOS. The van der Waals surface area contributed by atoms with Crippen LogP contribution in [0.5, 0.6) is 0 Å². The highest BCUT2D eigenvalue weighted by molar-refractivity contribution is 7.98. The van der Waals surface area contributed by atoms with Crippen molar-refractivity contribution in [2.45, 2.75) is 36.6 Å². The fraction of sp³-hybridized carbons (Fsp3) is 0.571. The van der Waals surface area contributed by atoms with Crippen LogP contribution in [0.15, 0.2) is 29.2 Å². The Kier molecular flexibility index (Phi) is 3.99. The first-order chi connectivity index (χ1) is 8.49. The van der Waals surface area contributed by atoms with Crippen LogP contribution in [-0.4, -0.2) is 36.6 Å². The molecule has 1 aliphatic heterocycles. The van der Waals surface area contributed by atoms with E-state index in [0.29, 0.717) is 0 Å². The van der Waals surface area contributed by atoms with Crippen LogP contribution in [0.4, 0.5) is 4.39 Å². The molecule has 2 rings (SSSR count). The first-order valence-corrected chi connectivity index (χ1v) is 7.32. The molecule has 0 bridgehead atoms. The molecule has 0 amide bonds. The van der Waals surface area contributed by atoms with Crippen LogP contribution >= 0.6 is 11.8 Å². The number of rotatable bonds is 3. The lowest BCUT2D eigenvalue weighted by Gasteiger charge is -2.28. The third kappa shape index (κ3) is 2.42. The summed E-state index contributed by atoms with van der Waals surface area (Å²) in [6, 6.07) is 7.98. The Morgan fingerprint density at radius 2 is 1.94 bits per heavy atom. The van der Waals surface area contributed by atoms with Crippen molar-refractivity contribution in [1.82, 2.24) is 4.90 Å². The molecule has 2 atom stereocenters. The van der Waals surface area contributed by atoms with E-state index in [0.717, 1.165) is 5.56 Å². The summed E-state index contributed by atoms with van der Waals surface area (Å²) in [6.45, 7) is 3.56. The number of nitrogens with zero attached hydrogens (tertiary/aromatic N) is 1. The molecule has 0 aliphatic carbocycles. The number of alkyl halides is 1. The Bertz CT molecular complexity index is 407. The maximum atomic E-state index is 13.2. The van der Waals surface area contributed by atoms with E-state index in [1.54, 1.807) is 11.8 Å². The number of hydrogen-bond donors (Lipinski definition) is 0. The lowest BCUT2D eigenvalue weighted by Crippen LogP contribution is -2.41. The predicted molar refractivity (Wildman–Crippen MR) is 73.7 cm³/mol. The number of hydrogen-bond acceptors (Lipinski definition) is 3. The van der Waals surface area contributed by atoms with Crippen LogP contribution in [0.25, 0.3) is 0 Å². The van der Waals surface area contributed by atoms with Crippen molar-refractivity contribution < 1.29 is 9.13 Å². The molecule has 0 N–H and O–H groups in total. The van der Waals surface area contributed by atoms with Crippen molar-refractivity contribution in [3.05, 3.63) is 29.8 Å². The second kappa shape index (κ2) is 5.19. The minimum Gasteiger partial charge on any atom is -0.351 e. The molecule has 1 heterocycles. The molecule has 0 saturated carbocycles. The summed E-state index contributed by atoms with van der Waals surface area (Å²) < 4.78 is 19.3. The standard InChI is InChI=1S/C14H20FNOS/c1-14(2)16(3)12(9-15)13(17-14)10-5-7-11(18-4)8-6-10/h5-8,12-13H,9H2,1-4H3/t12-,13-/m1/s1. The van der Waals surface area contributed by atoms with E-state index < -0.39 is 12.4 Å². The molecule has 1 aromatic carbocycles. The van der Waals surface area contributed by atoms with Crippen molar-refractivity contribution in [3.63, 3.8) is 0 Å². The van der Waals surface area contributed by atoms with E-state index in [2.05, 4.69) is 12.1 Å². The van der Waals surface area contributed by atoms with Gasteiger partial charge < -0.3 is 4.74 Å². The minimum absolute atomic E-state index is 0.189. The SMILES string of the molecule is CSc1ccc([C@H]2OC(C)(C)N(C)[C@@H]2CF)cc1. The molecular weight excluding hydrogens is 249 g/mol. The monoisotopic (exact) mass is 269 g/mol. The Morgan fingerprint density at radius 3 is 2.44 bits per heavy atom. The van der Waals surface area contributed by atoms with E-state index in [-0.39, 0.29) is 12.1 Å². The van der Waals surface area contributed by atoms with Gasteiger partial charge in [0, 0.05) is 4.90 Å². The molecule has 1 saturated heterocycles. The van der Waals surface area contributed by atoms with Crippen LogP contribution in [0.3, 0.4) is 0 Å². The van der Waals surface area contributed by atoms with Gasteiger partial charge >= 0.3 is 0 Å². The van der Waals surface area contributed by atoms with Gasteiger partial charge in [0.25, 0.3) is 0 Å². The molecule has 4 heteroatoms. The van der Waals surface area contributed by atoms with Gasteiger partial charge in [-0.05, 0) is 44.8 Å². The second-order valence-electron chi connectivity index (χ2n) is 5.09. The van der Waals surface area contributed by atoms with Crippen molar-refractivity contribution in [2.75, 3.05) is 20.0 Å². The summed E-state index contributed by atoms with van der Waals surface area (Å²) >= 11 is 1.70. The second-order valence-corrected chi connectivity index (χ2v) is 5.97. The number of likely N-dealkylation sites (N-methyl/N-ethyl adjacent to an activating group) is 1. The van der Waals surface area contributed by atoms with Crippen LogP contribution in [0, 0.1) is 0 Å². The van der Waals surface area contributed by atoms with Gasteiger partial charge in [0.1, 0.15) is 18.5 Å². The molecule has 2 nitrogen and oxygen atoms in total. The van der Waals surface area contributed by atoms with Gasteiger partial charge in [-0.2, -0.15) is 0 Å². The number of ether oxygens (including phenoxy) is 1. The van der Waals surface area contributed by atoms with Gasteiger partial charge in [0.15, 0.2) is 0 Å². The van der Waals surface area contributed by atoms with Crippen LogP contribution in [-0.2, 0) is 4.74 Å². The zero-order valence-electron chi connectivity index (χ0n) is 11.3. The fourth-order valence-corrected chi connectivity index (χ4v) is 2.75. The first kappa shape index (κ1) is 13.8. The average molecular weight is 269 g/mol. The van der Waals surface area contributed by atoms with Gasteiger partial charge in [-0.15, -0.1) is 11.8 Å². The third-order valence-electron chi connectivity index (χ3n) is 3.71. The molecule has 100 valence electrons. The van der Waals surface area contributed by atoms with Crippen LogP contribution in [0.2, 0.25) is 0 Å². The zero-order valence-corrected chi connectivity index (χ0v) is 12.1. The van der Waals surface area contributed by atoms with Gasteiger partial charge in [-0.3, -0.25) is 4.90 Å². The lowest BCUT2D eigenvalue weighted by atomic mass is 10.0. The topological polar surface area (TPSA) is 12.5 Å². The molecule has 1 aromatic rings. The van der Waals surface area contributed by atoms with Gasteiger partial charge in [0.2, 0.25) is 0 Å². The average Bonchev–Trinajstić information content (AvgIpc) is 2.60. The molecule has 0 spiro atoms. The third-order valence-corrected chi connectivity index (χ3v) is 4.46. The number of halogens is 1. The Balaban J connectivity index is 2.26. The van der Waals surface area contributed by atoms with Gasteiger partial charge in [-0.25, -0.2) is 4.39 Å². The molecule has 0 unspecified atom stereocenters. The van der Waals surface area contributed by atoms with Gasteiger partial charge in [0.05, 0.1) is 6.04 Å². The van der Waals surface area contributed by atoms with Crippen molar-refractivity contribution >= 4 is 11.8 Å². The maximum absolute atomic E-state index is 13.2. The van der Waals surface area contributed by atoms with Crippen LogP contribution in [0.1, 0.15) is 25.5 Å². The molecule has 18 heavy (non-hydrogen) atoms. The molecule has 1 aliphatic rings. The summed E-state index contributed by atoms with van der Waals surface area (Å²) in [5.41, 5.74) is 0.632. The Labute approximate surface area is 113 Å². The molecule has 1 fully saturated rings. The summed E-state index contributed by atoms with van der Waals surface area (Å²) in [5, 5.41) is 0. The normalized spacial score (nSPS) is 27.6. The number of thioether (sulfide) groups is 1. The maximum Gasteiger partial charge on any atom is 0.117 e. The zero-order chi connectivity index (χ0) is 13.3. The van der Waals surface area contributed by atoms with E-state index >= 15 is 0 Å². The first-order valence-electron chi connectivity index (χ1n) is 6.10. The summed E-state index contributed by atoms with van der Waals surface area (Å²) in [5.74, 6) is 0. The largest absolute Gasteiger partial charge is 0.351 e. The van der Waals surface area contributed by atoms with Crippen LogP contribution < -0.4 is 0 Å². The van der Waals surface area contributed by atoms with Crippen molar-refractivity contribution in [3.8, 4) is 0 Å². The fourth-order valence-electron chi connectivity index (χ4n) is 2.34. The van der Waals surface area contributed by atoms with Crippen molar-refractivity contribution in [2.24, 2.45) is 0 Å². The molecule has 0 aromatic heterocycles. The summed E-state index contributed by atoms with van der Waals surface area (Å²) in [7, 11) is 1.92. The quantitative estimate of drug-likeness (QED) is 0.779. The van der Waals surface area contributed by atoms with Crippen molar-refractivity contribution in [1.29, 1.82) is 0 Å². The predicted octanol–water partition coefficient (Wildman–Crippen LogP) is 3.49. The van der Waals surface area contributed by atoms with E-state index in [4.69, 9.17) is 4.74 Å². The smallest absolute Gasteiger partial charge is 0.117 e.